The second-order valence-electron chi connectivity index (χ2n) is 5.78. The van der Waals surface area contributed by atoms with E-state index in [1.54, 1.807) is 0 Å². The number of nitrogens with zero attached hydrogens (tertiary/aromatic N) is 1. The van der Waals surface area contributed by atoms with E-state index in [-0.39, 0.29) is 5.91 Å². The summed E-state index contributed by atoms with van der Waals surface area (Å²) in [6, 6.07) is 14.0. The molecular weight excluding hydrogens is 433 g/mol. The number of para-hydroxylation sites is 2. The third-order valence-corrected chi connectivity index (χ3v) is 5.16. The highest BCUT2D eigenvalue weighted by atomic mass is 127. The summed E-state index contributed by atoms with van der Waals surface area (Å²) in [5.41, 5.74) is 3.95. The van der Waals surface area contributed by atoms with Crippen molar-refractivity contribution < 1.29 is 4.79 Å². The van der Waals surface area contributed by atoms with Crippen LogP contribution in [0.3, 0.4) is 0 Å². The lowest BCUT2D eigenvalue weighted by atomic mass is 10.0. The van der Waals surface area contributed by atoms with Gasteiger partial charge in [-0.05, 0) is 64.4 Å². The summed E-state index contributed by atoms with van der Waals surface area (Å²) in [5.74, 6) is 0.658. The summed E-state index contributed by atoms with van der Waals surface area (Å²) in [6.07, 6.45) is 0. The highest BCUT2D eigenvalue weighted by molar-refractivity contribution is 14.1. The first-order valence-electron chi connectivity index (χ1n) is 7.70. The van der Waals surface area contributed by atoms with Crippen molar-refractivity contribution in [2.24, 2.45) is 0 Å². The quantitative estimate of drug-likeness (QED) is 0.423. The Hall–Kier alpha value is -1.54. The van der Waals surface area contributed by atoms with E-state index < -0.39 is 0 Å². The minimum absolute atomic E-state index is 0.0245. The molecule has 0 atom stereocenters. The molecule has 1 aromatic heterocycles. The summed E-state index contributed by atoms with van der Waals surface area (Å²) in [7, 11) is 0. The predicted octanol–water partition coefficient (Wildman–Crippen LogP) is 5.02. The third kappa shape index (κ3) is 4.10. The molecule has 24 heavy (non-hydrogen) atoms. The van der Waals surface area contributed by atoms with E-state index in [9.17, 15) is 4.79 Å². The summed E-state index contributed by atoms with van der Waals surface area (Å²) >= 11 is 3.70. The molecule has 124 valence electrons. The molecule has 2 N–H and O–H groups in total. The van der Waals surface area contributed by atoms with Crippen molar-refractivity contribution in [3.05, 3.63) is 51.6 Å². The van der Waals surface area contributed by atoms with Crippen molar-refractivity contribution in [2.45, 2.75) is 24.9 Å². The summed E-state index contributed by atoms with van der Waals surface area (Å²) < 4.78 is 1.17. The average molecular weight is 451 g/mol. The van der Waals surface area contributed by atoms with E-state index >= 15 is 0 Å². The molecule has 0 bridgehead atoms. The zero-order valence-corrected chi connectivity index (χ0v) is 16.4. The monoisotopic (exact) mass is 451 g/mol. The van der Waals surface area contributed by atoms with Crippen LogP contribution in [0.1, 0.15) is 25.3 Å². The van der Waals surface area contributed by atoms with Gasteiger partial charge in [0.25, 0.3) is 0 Å². The Morgan fingerprint density at radius 1 is 1.29 bits per heavy atom. The molecule has 2 aromatic carbocycles. The van der Waals surface area contributed by atoms with Crippen LogP contribution in [0.4, 0.5) is 5.69 Å². The first-order valence-corrected chi connectivity index (χ1v) is 9.76. The van der Waals surface area contributed by atoms with Gasteiger partial charge in [0.1, 0.15) is 0 Å². The van der Waals surface area contributed by atoms with Crippen molar-refractivity contribution in [2.75, 3.05) is 11.1 Å². The first kappa shape index (κ1) is 17.3. The average Bonchev–Trinajstić information content (AvgIpc) is 2.97. The molecule has 6 heteroatoms. The smallest absolute Gasteiger partial charge is 0.234 e. The Morgan fingerprint density at radius 2 is 2.08 bits per heavy atom. The Labute approximate surface area is 159 Å². The van der Waals surface area contributed by atoms with Crippen molar-refractivity contribution in [1.82, 2.24) is 9.97 Å². The van der Waals surface area contributed by atoms with Gasteiger partial charge in [0.15, 0.2) is 5.16 Å². The summed E-state index contributed by atoms with van der Waals surface area (Å²) in [4.78, 5) is 20.0. The molecule has 0 aliphatic carbocycles. The number of aromatic nitrogens is 2. The van der Waals surface area contributed by atoms with Gasteiger partial charge < -0.3 is 10.3 Å². The van der Waals surface area contributed by atoms with Crippen LogP contribution in [0.25, 0.3) is 11.0 Å². The Morgan fingerprint density at radius 3 is 2.83 bits per heavy atom. The zero-order chi connectivity index (χ0) is 17.1. The lowest BCUT2D eigenvalue weighted by Gasteiger charge is -2.14. The number of rotatable bonds is 5. The maximum atomic E-state index is 12.3. The molecule has 4 nitrogen and oxygen atoms in total. The first-order chi connectivity index (χ1) is 11.5. The van der Waals surface area contributed by atoms with E-state index in [1.807, 2.05) is 36.4 Å². The number of carbonyl (C=O) groups is 1. The second kappa shape index (κ2) is 7.57. The van der Waals surface area contributed by atoms with Gasteiger partial charge in [-0.25, -0.2) is 4.98 Å². The number of carbonyl (C=O) groups excluding carboxylic acids is 1. The molecule has 0 unspecified atom stereocenters. The van der Waals surface area contributed by atoms with Gasteiger partial charge in [0, 0.05) is 9.26 Å². The Bertz CT molecular complexity index is 843. The van der Waals surface area contributed by atoms with Crippen LogP contribution in [0.5, 0.6) is 0 Å². The van der Waals surface area contributed by atoms with E-state index in [0.717, 1.165) is 27.4 Å². The fourth-order valence-corrected chi connectivity index (χ4v) is 3.64. The van der Waals surface area contributed by atoms with Gasteiger partial charge in [0.2, 0.25) is 5.91 Å². The number of H-pyrrole nitrogens is 1. The third-order valence-electron chi connectivity index (χ3n) is 3.62. The van der Waals surface area contributed by atoms with Gasteiger partial charge in [-0.1, -0.05) is 37.7 Å². The highest BCUT2D eigenvalue weighted by Crippen LogP contribution is 2.27. The van der Waals surface area contributed by atoms with Gasteiger partial charge in [-0.15, -0.1) is 0 Å². The topological polar surface area (TPSA) is 57.8 Å². The SMILES string of the molecule is CC(C)c1cc(I)ccc1NC(=O)CSc1nc2ccccc2[nH]1. The summed E-state index contributed by atoms with van der Waals surface area (Å²) in [6.45, 7) is 4.26. The summed E-state index contributed by atoms with van der Waals surface area (Å²) in [5, 5.41) is 3.78. The number of hydrogen-bond acceptors (Lipinski definition) is 3. The predicted molar refractivity (Wildman–Crippen MR) is 109 cm³/mol. The fraction of sp³-hybridized carbons (Fsp3) is 0.222. The number of benzene rings is 2. The van der Waals surface area contributed by atoms with Crippen LogP contribution in [-0.4, -0.2) is 21.6 Å². The van der Waals surface area contributed by atoms with E-state index in [2.05, 4.69) is 57.8 Å². The van der Waals surface area contributed by atoms with Gasteiger partial charge >= 0.3 is 0 Å². The molecule has 0 saturated heterocycles. The maximum Gasteiger partial charge on any atom is 0.234 e. The molecule has 1 heterocycles. The molecule has 0 radical (unpaired) electrons. The van der Waals surface area contributed by atoms with Crippen molar-refractivity contribution >= 4 is 57.0 Å². The van der Waals surface area contributed by atoms with E-state index in [0.29, 0.717) is 11.7 Å². The van der Waals surface area contributed by atoms with Crippen LogP contribution in [0, 0.1) is 3.57 Å². The van der Waals surface area contributed by atoms with Crippen molar-refractivity contribution in [3.63, 3.8) is 0 Å². The molecule has 0 aliphatic heterocycles. The normalized spacial score (nSPS) is 11.2. The largest absolute Gasteiger partial charge is 0.333 e. The number of imidazole rings is 1. The molecular formula is C18H18IN3OS. The number of fused-ring (bicyclic) bond motifs is 1. The number of anilines is 1. The van der Waals surface area contributed by atoms with Crippen LogP contribution in [0.2, 0.25) is 0 Å². The molecule has 0 fully saturated rings. The standard InChI is InChI=1S/C18H18IN3OS/c1-11(2)13-9-12(19)7-8-14(13)20-17(23)10-24-18-21-15-5-3-4-6-16(15)22-18/h3-9,11H,10H2,1-2H3,(H,20,23)(H,21,22). The number of halogens is 1. The van der Waals surface area contributed by atoms with Crippen molar-refractivity contribution in [3.8, 4) is 0 Å². The van der Waals surface area contributed by atoms with E-state index in [4.69, 9.17) is 0 Å². The molecule has 0 aliphatic rings. The number of amides is 1. The molecule has 0 spiro atoms. The maximum absolute atomic E-state index is 12.3. The lowest BCUT2D eigenvalue weighted by Crippen LogP contribution is -2.15. The molecule has 3 rings (SSSR count). The minimum atomic E-state index is -0.0245. The second-order valence-corrected chi connectivity index (χ2v) is 7.99. The lowest BCUT2D eigenvalue weighted by molar-refractivity contribution is -0.113. The molecule has 3 aromatic rings. The van der Waals surface area contributed by atoms with Gasteiger partial charge in [-0.2, -0.15) is 0 Å². The molecule has 0 saturated carbocycles. The fourth-order valence-electron chi connectivity index (χ4n) is 2.44. The van der Waals surface area contributed by atoms with Gasteiger partial charge in [-0.3, -0.25) is 4.79 Å². The molecule has 1 amide bonds. The van der Waals surface area contributed by atoms with Crippen LogP contribution < -0.4 is 5.32 Å². The van der Waals surface area contributed by atoms with Crippen LogP contribution >= 0.6 is 34.4 Å². The highest BCUT2D eigenvalue weighted by Gasteiger charge is 2.12. The number of aromatic amines is 1. The number of thioether (sulfide) groups is 1. The minimum Gasteiger partial charge on any atom is -0.333 e. The van der Waals surface area contributed by atoms with Crippen LogP contribution in [-0.2, 0) is 4.79 Å². The number of hydrogen-bond donors (Lipinski definition) is 2. The number of nitrogens with one attached hydrogen (secondary N) is 2. The Balaban J connectivity index is 1.65. The van der Waals surface area contributed by atoms with Gasteiger partial charge in [0.05, 0.1) is 16.8 Å². The van der Waals surface area contributed by atoms with Crippen LogP contribution in [0.15, 0.2) is 47.6 Å². The van der Waals surface area contributed by atoms with E-state index in [1.165, 1.54) is 15.3 Å². The zero-order valence-electron chi connectivity index (χ0n) is 13.5. The Kier molecular flexibility index (Phi) is 5.45. The van der Waals surface area contributed by atoms with Crippen molar-refractivity contribution in [1.29, 1.82) is 0 Å².